The molecule has 3 rings (SSSR count). The van der Waals surface area contributed by atoms with Crippen LogP contribution in [0.3, 0.4) is 0 Å². The van der Waals surface area contributed by atoms with E-state index in [1.807, 2.05) is 0 Å². The summed E-state index contributed by atoms with van der Waals surface area (Å²) in [5.74, 6) is -0.235. The molecule has 0 saturated carbocycles. The zero-order valence-corrected chi connectivity index (χ0v) is 13.7. The van der Waals surface area contributed by atoms with E-state index in [9.17, 15) is 14.9 Å². The first-order valence-corrected chi connectivity index (χ1v) is 7.89. The number of carbonyl (C=O) groups excluding carboxylic acids is 1. The molecule has 2 aromatic rings. The molecular weight excluding hydrogens is 327 g/mol. The molecule has 7 heteroatoms. The van der Waals surface area contributed by atoms with Crippen LogP contribution in [0.5, 0.6) is 5.75 Å². The van der Waals surface area contributed by atoms with Crippen LogP contribution in [0.1, 0.15) is 18.4 Å². The van der Waals surface area contributed by atoms with Gasteiger partial charge in [-0.25, -0.2) is 4.39 Å². The summed E-state index contributed by atoms with van der Waals surface area (Å²) in [4.78, 5) is 23.9. The lowest BCUT2D eigenvalue weighted by molar-refractivity contribution is -0.384. The molecule has 2 aromatic carbocycles. The first kappa shape index (κ1) is 16.9. The topological polar surface area (TPSA) is 72.7 Å². The highest BCUT2D eigenvalue weighted by Gasteiger charge is 2.24. The number of nitrogens with zero attached hydrogens (tertiary/aromatic N) is 2. The van der Waals surface area contributed by atoms with E-state index in [0.717, 1.165) is 6.42 Å². The molecule has 130 valence electrons. The lowest BCUT2D eigenvalue weighted by Crippen LogP contribution is -2.24. The van der Waals surface area contributed by atoms with Crippen LogP contribution in [-0.4, -0.2) is 29.4 Å². The van der Waals surface area contributed by atoms with Crippen LogP contribution in [-0.2, 0) is 11.3 Å². The third kappa shape index (κ3) is 3.31. The average Bonchev–Trinajstić information content (AvgIpc) is 3.01. The second kappa shape index (κ2) is 6.88. The smallest absolute Gasteiger partial charge is 0.270 e. The van der Waals surface area contributed by atoms with Gasteiger partial charge >= 0.3 is 0 Å². The molecule has 0 bridgehead atoms. The lowest BCUT2D eigenvalue weighted by atomic mass is 10.00. The number of carbonyl (C=O) groups is 1. The summed E-state index contributed by atoms with van der Waals surface area (Å²) in [6.07, 6.45) is 1.25. The fraction of sp³-hybridized carbons (Fsp3) is 0.278. The van der Waals surface area contributed by atoms with Crippen LogP contribution >= 0.6 is 0 Å². The molecule has 25 heavy (non-hydrogen) atoms. The minimum atomic E-state index is -0.528. The van der Waals surface area contributed by atoms with Crippen LogP contribution in [0.4, 0.5) is 10.1 Å². The summed E-state index contributed by atoms with van der Waals surface area (Å²) in [6, 6.07) is 8.96. The molecule has 0 N–H and O–H groups in total. The summed E-state index contributed by atoms with van der Waals surface area (Å²) < 4.78 is 20.4. The number of non-ortho nitro benzene ring substituents is 1. The number of amides is 1. The van der Waals surface area contributed by atoms with Crippen molar-refractivity contribution in [3.05, 3.63) is 57.9 Å². The third-order valence-electron chi connectivity index (χ3n) is 4.28. The van der Waals surface area contributed by atoms with Gasteiger partial charge in [0.1, 0.15) is 11.6 Å². The molecule has 1 heterocycles. The SMILES string of the molecule is COc1ccc(CN2CCCC2=O)c(F)c1-c1cccc([N+](=O)[O-])c1. The Balaban J connectivity index is 2.05. The van der Waals surface area contributed by atoms with Gasteiger partial charge in [-0.1, -0.05) is 18.2 Å². The second-order valence-electron chi connectivity index (χ2n) is 5.84. The molecule has 1 amide bonds. The monoisotopic (exact) mass is 344 g/mol. The predicted molar refractivity (Wildman–Crippen MR) is 89.7 cm³/mol. The van der Waals surface area contributed by atoms with E-state index in [0.29, 0.717) is 24.1 Å². The number of nitro benzene ring substituents is 1. The van der Waals surface area contributed by atoms with Gasteiger partial charge in [0.05, 0.1) is 17.6 Å². The molecule has 0 unspecified atom stereocenters. The molecule has 1 aliphatic rings. The van der Waals surface area contributed by atoms with E-state index in [4.69, 9.17) is 4.74 Å². The number of hydrogen-bond acceptors (Lipinski definition) is 4. The summed E-state index contributed by atoms with van der Waals surface area (Å²) >= 11 is 0. The summed E-state index contributed by atoms with van der Waals surface area (Å²) in [5.41, 5.74) is 0.755. The summed E-state index contributed by atoms with van der Waals surface area (Å²) in [7, 11) is 1.42. The molecule has 0 aromatic heterocycles. The van der Waals surface area contributed by atoms with Gasteiger partial charge in [-0.2, -0.15) is 0 Å². The van der Waals surface area contributed by atoms with Crippen LogP contribution in [0.2, 0.25) is 0 Å². The number of methoxy groups -OCH3 is 1. The number of halogens is 1. The number of hydrogen-bond donors (Lipinski definition) is 0. The van der Waals surface area contributed by atoms with Crippen molar-refractivity contribution in [2.45, 2.75) is 19.4 Å². The molecule has 0 spiro atoms. The highest BCUT2D eigenvalue weighted by atomic mass is 19.1. The van der Waals surface area contributed by atoms with Crippen LogP contribution in [0.25, 0.3) is 11.1 Å². The van der Waals surface area contributed by atoms with E-state index in [1.165, 1.54) is 25.3 Å². The van der Waals surface area contributed by atoms with E-state index in [1.54, 1.807) is 23.1 Å². The standard InChI is InChI=1S/C18H17FN2O4/c1-25-15-8-7-13(11-20-9-3-6-16(20)22)18(19)17(15)12-4-2-5-14(10-12)21(23)24/h2,4-5,7-8,10H,3,6,9,11H2,1H3. The molecule has 0 aliphatic carbocycles. The Labute approximate surface area is 144 Å². The van der Waals surface area contributed by atoms with Crippen molar-refractivity contribution in [3.63, 3.8) is 0 Å². The van der Waals surface area contributed by atoms with Gasteiger partial charge in [0.25, 0.3) is 5.69 Å². The van der Waals surface area contributed by atoms with Crippen molar-refractivity contribution in [2.24, 2.45) is 0 Å². The van der Waals surface area contributed by atoms with Crippen molar-refractivity contribution in [2.75, 3.05) is 13.7 Å². The second-order valence-corrected chi connectivity index (χ2v) is 5.84. The Morgan fingerprint density at radius 1 is 1.32 bits per heavy atom. The van der Waals surface area contributed by atoms with Gasteiger partial charge in [-0.05, 0) is 18.1 Å². The van der Waals surface area contributed by atoms with Crippen molar-refractivity contribution in [1.82, 2.24) is 4.90 Å². The normalized spacial score (nSPS) is 14.0. The fourth-order valence-electron chi connectivity index (χ4n) is 3.01. The first-order chi connectivity index (χ1) is 12.0. The zero-order chi connectivity index (χ0) is 18.0. The predicted octanol–water partition coefficient (Wildman–Crippen LogP) is 3.53. The van der Waals surface area contributed by atoms with Crippen molar-refractivity contribution in [1.29, 1.82) is 0 Å². The Bertz CT molecular complexity index is 838. The van der Waals surface area contributed by atoms with Crippen LogP contribution in [0.15, 0.2) is 36.4 Å². The molecule has 0 radical (unpaired) electrons. The van der Waals surface area contributed by atoms with E-state index >= 15 is 4.39 Å². The third-order valence-corrected chi connectivity index (χ3v) is 4.28. The van der Waals surface area contributed by atoms with Crippen molar-refractivity contribution < 1.29 is 18.8 Å². The Hall–Kier alpha value is -2.96. The molecule has 6 nitrogen and oxygen atoms in total. The van der Waals surface area contributed by atoms with E-state index < -0.39 is 10.7 Å². The van der Waals surface area contributed by atoms with Crippen LogP contribution < -0.4 is 4.74 Å². The van der Waals surface area contributed by atoms with Gasteiger partial charge in [-0.3, -0.25) is 14.9 Å². The zero-order valence-electron chi connectivity index (χ0n) is 13.7. The van der Waals surface area contributed by atoms with Crippen LogP contribution in [0, 0.1) is 15.9 Å². The van der Waals surface area contributed by atoms with Gasteiger partial charge in [0, 0.05) is 37.2 Å². The molecule has 0 atom stereocenters. The number of likely N-dealkylation sites (tertiary alicyclic amines) is 1. The minimum absolute atomic E-state index is 0.00659. The maximum Gasteiger partial charge on any atom is 0.270 e. The summed E-state index contributed by atoms with van der Waals surface area (Å²) in [5, 5.41) is 11.0. The number of benzene rings is 2. The molecule has 1 saturated heterocycles. The average molecular weight is 344 g/mol. The van der Waals surface area contributed by atoms with E-state index in [-0.39, 0.29) is 29.5 Å². The van der Waals surface area contributed by atoms with Gasteiger partial charge < -0.3 is 9.64 Å². The lowest BCUT2D eigenvalue weighted by Gasteiger charge is -2.18. The fourth-order valence-corrected chi connectivity index (χ4v) is 3.01. The highest BCUT2D eigenvalue weighted by molar-refractivity contribution is 5.78. The van der Waals surface area contributed by atoms with Gasteiger partial charge in [0.15, 0.2) is 0 Å². The Morgan fingerprint density at radius 3 is 2.76 bits per heavy atom. The maximum absolute atomic E-state index is 15.1. The Kier molecular flexibility index (Phi) is 4.65. The number of ether oxygens (including phenoxy) is 1. The molecule has 1 aliphatic heterocycles. The largest absolute Gasteiger partial charge is 0.496 e. The maximum atomic E-state index is 15.1. The first-order valence-electron chi connectivity index (χ1n) is 7.89. The van der Waals surface area contributed by atoms with E-state index in [2.05, 4.69) is 0 Å². The van der Waals surface area contributed by atoms with Crippen molar-refractivity contribution in [3.8, 4) is 16.9 Å². The number of nitro groups is 1. The van der Waals surface area contributed by atoms with Gasteiger partial charge in [0.2, 0.25) is 5.91 Å². The van der Waals surface area contributed by atoms with Gasteiger partial charge in [-0.15, -0.1) is 0 Å². The number of rotatable bonds is 5. The Morgan fingerprint density at radius 2 is 2.12 bits per heavy atom. The highest BCUT2D eigenvalue weighted by Crippen LogP contribution is 2.36. The molecular formula is C18H17FN2O4. The summed E-state index contributed by atoms with van der Waals surface area (Å²) in [6.45, 7) is 0.785. The quantitative estimate of drug-likeness (QED) is 0.614. The minimum Gasteiger partial charge on any atom is -0.496 e. The molecule has 1 fully saturated rings. The van der Waals surface area contributed by atoms with Crippen molar-refractivity contribution >= 4 is 11.6 Å².